The van der Waals surface area contributed by atoms with Gasteiger partial charge in [0.25, 0.3) is 5.91 Å². The van der Waals surface area contributed by atoms with Gasteiger partial charge in [-0.15, -0.1) is 0 Å². The summed E-state index contributed by atoms with van der Waals surface area (Å²) in [4.78, 5) is 25.7. The molecule has 0 unspecified atom stereocenters. The van der Waals surface area contributed by atoms with Crippen LogP contribution in [0.2, 0.25) is 0 Å². The molecule has 1 fully saturated rings. The maximum atomic E-state index is 12.9. The lowest BCUT2D eigenvalue weighted by Gasteiger charge is -2.20. The van der Waals surface area contributed by atoms with E-state index >= 15 is 0 Å². The molecule has 0 bridgehead atoms. The number of carbonyl (C=O) groups is 2. The monoisotopic (exact) mass is 340 g/mol. The lowest BCUT2D eigenvalue weighted by Crippen LogP contribution is -2.30. The third-order valence-electron chi connectivity index (χ3n) is 5.21. The molecule has 2 heterocycles. The number of aliphatic carboxylic acids is 1. The molecule has 25 heavy (non-hydrogen) atoms. The Bertz CT molecular complexity index is 795. The van der Waals surface area contributed by atoms with E-state index in [2.05, 4.69) is 23.6 Å². The van der Waals surface area contributed by atoms with Crippen LogP contribution in [-0.2, 0) is 4.79 Å². The normalized spacial score (nSPS) is 18.4. The van der Waals surface area contributed by atoms with Crippen molar-refractivity contribution >= 4 is 11.9 Å². The van der Waals surface area contributed by atoms with Gasteiger partial charge in [-0.25, -0.2) is 0 Å². The van der Waals surface area contributed by atoms with Gasteiger partial charge >= 0.3 is 5.97 Å². The number of hydrogen-bond acceptors (Lipinski definition) is 2. The fraction of sp³-hybridized carbons (Fsp3) is 0.400. The van der Waals surface area contributed by atoms with Crippen LogP contribution in [0, 0.1) is 19.8 Å². The molecule has 2 atom stereocenters. The number of benzene rings is 1. The zero-order valence-corrected chi connectivity index (χ0v) is 14.9. The Labute approximate surface area is 147 Å². The number of likely N-dealkylation sites (tertiary alicyclic amines) is 1. The van der Waals surface area contributed by atoms with Crippen LogP contribution < -0.4 is 0 Å². The highest BCUT2D eigenvalue weighted by Crippen LogP contribution is 2.27. The second-order valence-electron chi connectivity index (χ2n) is 6.82. The molecular formula is C20H24N2O3. The van der Waals surface area contributed by atoms with Gasteiger partial charge < -0.3 is 14.6 Å². The lowest BCUT2D eigenvalue weighted by atomic mass is 10.1. The predicted molar refractivity (Wildman–Crippen MR) is 95.8 cm³/mol. The summed E-state index contributed by atoms with van der Waals surface area (Å²) in [7, 11) is 0. The van der Waals surface area contributed by atoms with Gasteiger partial charge in [0, 0.05) is 24.5 Å². The van der Waals surface area contributed by atoms with E-state index in [0.717, 1.165) is 11.4 Å². The molecule has 5 heteroatoms. The second-order valence-corrected chi connectivity index (χ2v) is 6.82. The smallest absolute Gasteiger partial charge is 0.308 e. The first-order valence-corrected chi connectivity index (χ1v) is 8.65. The zero-order chi connectivity index (χ0) is 18.1. The first-order valence-electron chi connectivity index (χ1n) is 8.65. The third kappa shape index (κ3) is 3.18. The van der Waals surface area contributed by atoms with Crippen molar-refractivity contribution < 1.29 is 14.7 Å². The van der Waals surface area contributed by atoms with Crippen LogP contribution in [0.4, 0.5) is 0 Å². The number of carbonyl (C=O) groups excluding carboxylic acids is 1. The van der Waals surface area contributed by atoms with Crippen LogP contribution in [0.25, 0.3) is 0 Å². The first kappa shape index (κ1) is 17.3. The van der Waals surface area contributed by atoms with Crippen LogP contribution in [0.3, 0.4) is 0 Å². The number of rotatable bonds is 4. The molecule has 3 rings (SSSR count). The fourth-order valence-electron chi connectivity index (χ4n) is 3.79. The summed E-state index contributed by atoms with van der Waals surface area (Å²) in [6.07, 6.45) is 0.528. The number of aryl methyl sites for hydroxylation is 1. The Kier molecular flexibility index (Phi) is 4.66. The average Bonchev–Trinajstić information content (AvgIpc) is 3.20. The molecule has 2 aromatic rings. The van der Waals surface area contributed by atoms with E-state index in [1.54, 1.807) is 4.90 Å². The average molecular weight is 340 g/mol. The van der Waals surface area contributed by atoms with Gasteiger partial charge in [0.2, 0.25) is 0 Å². The molecule has 1 aromatic heterocycles. The summed E-state index contributed by atoms with van der Waals surface area (Å²) in [5.41, 5.74) is 3.82. The molecule has 1 aromatic carbocycles. The summed E-state index contributed by atoms with van der Waals surface area (Å²) in [6.45, 7) is 6.90. The first-order chi connectivity index (χ1) is 11.9. The summed E-state index contributed by atoms with van der Waals surface area (Å²) in [5, 5.41) is 9.14. The molecule has 1 amide bonds. The third-order valence-corrected chi connectivity index (χ3v) is 5.21. The number of carboxylic acid groups (broad SMARTS) is 1. The van der Waals surface area contributed by atoms with Crippen molar-refractivity contribution in [1.29, 1.82) is 0 Å². The van der Waals surface area contributed by atoms with E-state index in [4.69, 9.17) is 5.11 Å². The van der Waals surface area contributed by atoms with Crippen LogP contribution in [-0.4, -0.2) is 39.5 Å². The Balaban J connectivity index is 1.87. The second kappa shape index (κ2) is 6.75. The quantitative estimate of drug-likeness (QED) is 0.929. The molecule has 0 radical (unpaired) electrons. The van der Waals surface area contributed by atoms with Crippen LogP contribution in [0.5, 0.6) is 0 Å². The summed E-state index contributed by atoms with van der Waals surface area (Å²) < 4.78 is 2.17. The van der Waals surface area contributed by atoms with Crippen molar-refractivity contribution in [2.75, 3.05) is 13.1 Å². The highest BCUT2D eigenvalue weighted by Gasteiger charge is 2.32. The highest BCUT2D eigenvalue weighted by atomic mass is 16.4. The van der Waals surface area contributed by atoms with Gasteiger partial charge in [-0.05, 0) is 38.8 Å². The summed E-state index contributed by atoms with van der Waals surface area (Å²) in [6, 6.07) is 12.3. The van der Waals surface area contributed by atoms with Gasteiger partial charge in [-0.3, -0.25) is 9.59 Å². The van der Waals surface area contributed by atoms with Gasteiger partial charge in [-0.1, -0.05) is 30.3 Å². The zero-order valence-electron chi connectivity index (χ0n) is 14.9. The minimum Gasteiger partial charge on any atom is -0.481 e. The lowest BCUT2D eigenvalue weighted by molar-refractivity contribution is -0.141. The number of hydrogen-bond donors (Lipinski definition) is 1. The maximum Gasteiger partial charge on any atom is 0.308 e. The Morgan fingerprint density at radius 3 is 2.48 bits per heavy atom. The molecule has 0 aliphatic carbocycles. The molecule has 5 nitrogen and oxygen atoms in total. The van der Waals surface area contributed by atoms with Crippen molar-refractivity contribution in [2.24, 2.45) is 5.92 Å². The standard InChI is InChI=1S/C20H24N2O3/c1-13-11-18(19(23)21-10-9-17(12-21)20(24)25)15(3)22(13)14(2)16-7-5-4-6-8-16/h4-8,11,14,17H,9-10,12H2,1-3H3,(H,24,25)/t14-,17-/m1/s1. The van der Waals surface area contributed by atoms with Crippen LogP contribution >= 0.6 is 0 Å². The molecule has 1 N–H and O–H groups in total. The van der Waals surface area contributed by atoms with E-state index in [9.17, 15) is 9.59 Å². The molecule has 1 saturated heterocycles. The summed E-state index contributed by atoms with van der Waals surface area (Å²) in [5.74, 6) is -1.34. The summed E-state index contributed by atoms with van der Waals surface area (Å²) >= 11 is 0. The van der Waals surface area contributed by atoms with E-state index in [0.29, 0.717) is 25.1 Å². The minimum atomic E-state index is -0.821. The molecule has 1 aliphatic heterocycles. The highest BCUT2D eigenvalue weighted by molar-refractivity contribution is 5.96. The topological polar surface area (TPSA) is 62.5 Å². The van der Waals surface area contributed by atoms with Crippen molar-refractivity contribution in [3.63, 3.8) is 0 Å². The van der Waals surface area contributed by atoms with E-state index in [1.807, 2.05) is 38.1 Å². The van der Waals surface area contributed by atoms with Gasteiger partial charge in [0.05, 0.1) is 17.5 Å². The van der Waals surface area contributed by atoms with Gasteiger partial charge in [-0.2, -0.15) is 0 Å². The molecular weight excluding hydrogens is 316 g/mol. The van der Waals surface area contributed by atoms with Crippen molar-refractivity contribution in [3.8, 4) is 0 Å². The predicted octanol–water partition coefficient (Wildman–Crippen LogP) is 3.26. The van der Waals surface area contributed by atoms with Crippen LogP contribution in [0.15, 0.2) is 36.4 Å². The van der Waals surface area contributed by atoms with E-state index in [1.165, 1.54) is 5.56 Å². The van der Waals surface area contributed by atoms with Gasteiger partial charge in [0.15, 0.2) is 0 Å². The van der Waals surface area contributed by atoms with Crippen molar-refractivity contribution in [2.45, 2.75) is 33.2 Å². The largest absolute Gasteiger partial charge is 0.481 e. The minimum absolute atomic E-state index is 0.0663. The molecule has 132 valence electrons. The molecule has 0 saturated carbocycles. The molecule has 0 spiro atoms. The Morgan fingerprint density at radius 2 is 1.88 bits per heavy atom. The number of amides is 1. The van der Waals surface area contributed by atoms with E-state index in [-0.39, 0.29) is 11.9 Å². The van der Waals surface area contributed by atoms with Crippen molar-refractivity contribution in [3.05, 3.63) is 58.9 Å². The van der Waals surface area contributed by atoms with Crippen molar-refractivity contribution in [1.82, 2.24) is 9.47 Å². The Hall–Kier alpha value is -2.56. The fourth-order valence-corrected chi connectivity index (χ4v) is 3.79. The van der Waals surface area contributed by atoms with Crippen LogP contribution in [0.1, 0.15) is 46.7 Å². The molecule has 1 aliphatic rings. The maximum absolute atomic E-state index is 12.9. The number of nitrogens with zero attached hydrogens (tertiary/aromatic N) is 2. The number of aromatic nitrogens is 1. The van der Waals surface area contributed by atoms with Gasteiger partial charge in [0.1, 0.15) is 0 Å². The number of carboxylic acids is 1. The van der Waals surface area contributed by atoms with E-state index < -0.39 is 11.9 Å². The Morgan fingerprint density at radius 1 is 1.20 bits per heavy atom. The SMILES string of the molecule is Cc1cc(C(=O)N2CC[C@@H](C(=O)O)C2)c(C)n1[C@H](C)c1ccccc1.